The summed E-state index contributed by atoms with van der Waals surface area (Å²) in [5.41, 5.74) is 0.971. The number of carbonyl (C=O) groups is 1. The summed E-state index contributed by atoms with van der Waals surface area (Å²) in [6.07, 6.45) is 4.11. The van der Waals surface area contributed by atoms with E-state index in [1.807, 2.05) is 37.3 Å². The van der Waals surface area contributed by atoms with Crippen LogP contribution in [-0.2, 0) is 17.8 Å². The van der Waals surface area contributed by atoms with Crippen LogP contribution in [0.3, 0.4) is 0 Å². The van der Waals surface area contributed by atoms with Crippen LogP contribution in [0.25, 0.3) is 0 Å². The molecule has 2 heterocycles. The van der Waals surface area contributed by atoms with Gasteiger partial charge in [0.2, 0.25) is 5.91 Å². The van der Waals surface area contributed by atoms with Gasteiger partial charge in [0, 0.05) is 38.4 Å². The summed E-state index contributed by atoms with van der Waals surface area (Å²) in [4.78, 5) is 22.5. The molecule has 0 unspecified atom stereocenters. The molecule has 7 nitrogen and oxygen atoms in total. The molecule has 142 valence electrons. The lowest BCUT2D eigenvalue weighted by molar-refractivity contribution is -0.128. The number of aromatic nitrogens is 1. The van der Waals surface area contributed by atoms with Gasteiger partial charge in [-0.1, -0.05) is 6.07 Å². The molecule has 0 bridgehead atoms. The number of aliphatic imine (C=N–C) groups is 1. The van der Waals surface area contributed by atoms with Crippen LogP contribution < -0.4 is 10.6 Å². The van der Waals surface area contributed by atoms with Crippen molar-refractivity contribution in [1.82, 2.24) is 20.5 Å². The van der Waals surface area contributed by atoms with Gasteiger partial charge in [0.15, 0.2) is 5.96 Å². The number of furan rings is 1. The molecule has 0 saturated heterocycles. The molecule has 2 rings (SSSR count). The van der Waals surface area contributed by atoms with Crippen molar-refractivity contribution in [2.24, 2.45) is 4.99 Å². The van der Waals surface area contributed by atoms with Gasteiger partial charge in [-0.25, -0.2) is 4.99 Å². The Labute approximate surface area is 171 Å². The Hall–Kier alpha value is -2.10. The Bertz CT molecular complexity index is 661. The van der Waals surface area contributed by atoms with Crippen LogP contribution in [0.15, 0.2) is 52.2 Å². The third-order valence-corrected chi connectivity index (χ3v) is 3.58. The fraction of sp³-hybridized carbons (Fsp3) is 0.389. The fourth-order valence-corrected chi connectivity index (χ4v) is 2.15. The molecule has 0 atom stereocenters. The first-order valence-corrected chi connectivity index (χ1v) is 8.37. The van der Waals surface area contributed by atoms with Crippen molar-refractivity contribution in [3.8, 4) is 0 Å². The Balaban J connectivity index is 0.00000338. The Kier molecular flexibility index (Phi) is 10.4. The quantitative estimate of drug-likeness (QED) is 0.350. The first kappa shape index (κ1) is 21.9. The normalized spacial score (nSPS) is 10.8. The van der Waals surface area contributed by atoms with Gasteiger partial charge < -0.3 is 20.0 Å². The summed E-state index contributed by atoms with van der Waals surface area (Å²) in [7, 11) is 1.78. The van der Waals surface area contributed by atoms with Crippen molar-refractivity contribution in [3.63, 3.8) is 0 Å². The molecule has 0 aromatic carbocycles. The van der Waals surface area contributed by atoms with Crippen molar-refractivity contribution in [3.05, 3.63) is 54.2 Å². The minimum atomic E-state index is -0.0360. The van der Waals surface area contributed by atoms with Crippen molar-refractivity contribution in [1.29, 1.82) is 0 Å². The van der Waals surface area contributed by atoms with E-state index in [4.69, 9.17) is 4.42 Å². The van der Waals surface area contributed by atoms with Crippen LogP contribution in [0.4, 0.5) is 0 Å². The number of hydrogen-bond acceptors (Lipinski definition) is 4. The van der Waals surface area contributed by atoms with Gasteiger partial charge in [0.05, 0.1) is 12.8 Å². The number of hydrogen-bond donors (Lipinski definition) is 2. The maximum Gasteiger partial charge on any atom is 0.244 e. The molecular formula is C18H26IN5O2. The van der Waals surface area contributed by atoms with E-state index >= 15 is 0 Å². The number of rotatable bonds is 8. The van der Waals surface area contributed by atoms with Crippen LogP contribution in [0.1, 0.15) is 18.4 Å². The second-order valence-corrected chi connectivity index (χ2v) is 5.51. The monoisotopic (exact) mass is 471 g/mol. The molecule has 8 heteroatoms. The summed E-state index contributed by atoms with van der Waals surface area (Å²) >= 11 is 0. The van der Waals surface area contributed by atoms with Crippen molar-refractivity contribution >= 4 is 35.8 Å². The van der Waals surface area contributed by atoms with Gasteiger partial charge in [-0.2, -0.15) is 0 Å². The van der Waals surface area contributed by atoms with E-state index in [9.17, 15) is 4.79 Å². The number of nitrogens with zero attached hydrogens (tertiary/aromatic N) is 3. The predicted octanol–water partition coefficient (Wildman–Crippen LogP) is 2.05. The molecular weight excluding hydrogens is 445 g/mol. The van der Waals surface area contributed by atoms with Gasteiger partial charge in [-0.3, -0.25) is 9.78 Å². The summed E-state index contributed by atoms with van der Waals surface area (Å²) in [6.45, 7) is 3.91. The zero-order valence-electron chi connectivity index (χ0n) is 15.1. The van der Waals surface area contributed by atoms with Gasteiger partial charge in [-0.05, 0) is 31.2 Å². The first-order valence-electron chi connectivity index (χ1n) is 8.37. The third-order valence-electron chi connectivity index (χ3n) is 3.58. The lowest BCUT2D eigenvalue weighted by Crippen LogP contribution is -2.38. The highest BCUT2D eigenvalue weighted by atomic mass is 127. The zero-order valence-corrected chi connectivity index (χ0v) is 17.5. The number of halogens is 1. The number of likely N-dealkylation sites (N-methyl/N-ethyl adjacent to an activating group) is 1. The fourth-order valence-electron chi connectivity index (χ4n) is 2.15. The molecule has 0 saturated carbocycles. The smallest absolute Gasteiger partial charge is 0.244 e. The topological polar surface area (TPSA) is 82.8 Å². The van der Waals surface area contributed by atoms with E-state index in [0.717, 1.165) is 17.9 Å². The Morgan fingerprint density at radius 2 is 2.12 bits per heavy atom. The number of amides is 1. The average molecular weight is 471 g/mol. The van der Waals surface area contributed by atoms with E-state index < -0.39 is 0 Å². The van der Waals surface area contributed by atoms with Crippen LogP contribution in [-0.4, -0.2) is 48.4 Å². The van der Waals surface area contributed by atoms with Gasteiger partial charge in [-0.15, -0.1) is 24.0 Å². The molecule has 2 aromatic heterocycles. The second-order valence-electron chi connectivity index (χ2n) is 5.51. The van der Waals surface area contributed by atoms with E-state index in [-0.39, 0.29) is 36.4 Å². The highest BCUT2D eigenvalue weighted by molar-refractivity contribution is 14.0. The highest BCUT2D eigenvalue weighted by Crippen LogP contribution is 1.99. The van der Waals surface area contributed by atoms with Crippen molar-refractivity contribution < 1.29 is 9.21 Å². The summed E-state index contributed by atoms with van der Waals surface area (Å²) in [5.74, 6) is 1.36. The first-order chi connectivity index (χ1) is 12.2. The lowest BCUT2D eigenvalue weighted by Gasteiger charge is -2.16. The average Bonchev–Trinajstić information content (AvgIpc) is 3.16. The maximum absolute atomic E-state index is 12.2. The maximum atomic E-state index is 12.2. The van der Waals surface area contributed by atoms with Gasteiger partial charge in [0.1, 0.15) is 12.3 Å². The van der Waals surface area contributed by atoms with E-state index in [1.54, 1.807) is 24.4 Å². The largest absolute Gasteiger partial charge is 0.467 e. The molecule has 0 radical (unpaired) electrons. The number of carbonyl (C=O) groups excluding carboxylic acids is 1. The zero-order chi connectivity index (χ0) is 17.9. The lowest BCUT2D eigenvalue weighted by atomic mass is 10.2. The highest BCUT2D eigenvalue weighted by Gasteiger charge is 2.09. The van der Waals surface area contributed by atoms with Gasteiger partial charge in [0.25, 0.3) is 0 Å². The van der Waals surface area contributed by atoms with Crippen LogP contribution in [0.5, 0.6) is 0 Å². The second kappa shape index (κ2) is 12.3. The van der Waals surface area contributed by atoms with E-state index in [2.05, 4.69) is 20.6 Å². The summed E-state index contributed by atoms with van der Waals surface area (Å²) < 4.78 is 5.27. The van der Waals surface area contributed by atoms with Gasteiger partial charge >= 0.3 is 0 Å². The van der Waals surface area contributed by atoms with E-state index in [1.165, 1.54) is 0 Å². The SMILES string of the molecule is CCNC(=NCC(=O)N(C)CCc1ccccn1)NCc1ccco1.I. The van der Waals surface area contributed by atoms with E-state index in [0.29, 0.717) is 25.6 Å². The molecule has 0 spiro atoms. The minimum Gasteiger partial charge on any atom is -0.467 e. The van der Waals surface area contributed by atoms with Crippen LogP contribution in [0.2, 0.25) is 0 Å². The number of nitrogens with one attached hydrogen (secondary N) is 2. The van der Waals surface area contributed by atoms with Crippen molar-refractivity contribution in [2.75, 3.05) is 26.7 Å². The molecule has 0 aliphatic carbocycles. The molecule has 0 aliphatic rings. The molecule has 0 aliphatic heterocycles. The third kappa shape index (κ3) is 7.85. The molecule has 1 amide bonds. The summed E-state index contributed by atoms with van der Waals surface area (Å²) in [6, 6.07) is 9.50. The molecule has 0 fully saturated rings. The Morgan fingerprint density at radius 3 is 2.77 bits per heavy atom. The summed E-state index contributed by atoms with van der Waals surface area (Å²) in [5, 5.41) is 6.25. The van der Waals surface area contributed by atoms with Crippen molar-refractivity contribution in [2.45, 2.75) is 19.9 Å². The van der Waals surface area contributed by atoms with Crippen LogP contribution in [0, 0.1) is 0 Å². The molecule has 2 aromatic rings. The number of pyridine rings is 1. The molecule has 26 heavy (non-hydrogen) atoms. The molecule has 2 N–H and O–H groups in total. The predicted molar refractivity (Wildman–Crippen MR) is 113 cm³/mol. The number of guanidine groups is 1. The minimum absolute atomic E-state index is 0. The Morgan fingerprint density at radius 1 is 1.27 bits per heavy atom. The standard InChI is InChI=1S/C18H25N5O2.HI/c1-3-19-18(21-13-16-8-6-12-25-16)22-14-17(24)23(2)11-9-15-7-4-5-10-20-15;/h4-8,10,12H,3,9,11,13-14H2,1-2H3,(H2,19,21,22);1H. The van der Waals surface area contributed by atoms with Crippen LogP contribution >= 0.6 is 24.0 Å².